The van der Waals surface area contributed by atoms with Gasteiger partial charge in [-0.1, -0.05) is 12.1 Å². The summed E-state index contributed by atoms with van der Waals surface area (Å²) in [4.78, 5) is 29.4. The van der Waals surface area contributed by atoms with Crippen molar-refractivity contribution in [2.45, 2.75) is 25.9 Å². The molecule has 1 atom stereocenters. The van der Waals surface area contributed by atoms with Crippen LogP contribution >= 0.6 is 0 Å². The third-order valence-electron chi connectivity index (χ3n) is 4.67. The summed E-state index contributed by atoms with van der Waals surface area (Å²) < 4.78 is 1.62. The van der Waals surface area contributed by atoms with Crippen LogP contribution in [0.25, 0.3) is 10.9 Å². The van der Waals surface area contributed by atoms with Crippen molar-refractivity contribution in [1.29, 1.82) is 0 Å². The van der Waals surface area contributed by atoms with Gasteiger partial charge in [-0.2, -0.15) is 0 Å². The summed E-state index contributed by atoms with van der Waals surface area (Å²) in [6, 6.07) is 9.04. The van der Waals surface area contributed by atoms with E-state index in [4.69, 9.17) is 0 Å². The average Bonchev–Trinajstić information content (AvgIpc) is 2.96. The number of benzene rings is 1. The first kappa shape index (κ1) is 15.4. The van der Waals surface area contributed by atoms with Crippen molar-refractivity contribution in [1.82, 2.24) is 14.9 Å². The molecule has 0 aliphatic carbocycles. The van der Waals surface area contributed by atoms with Gasteiger partial charge in [-0.25, -0.2) is 0 Å². The lowest BCUT2D eigenvalue weighted by molar-refractivity contribution is 0.0946. The highest BCUT2D eigenvalue weighted by Gasteiger charge is 2.29. The Kier molecular flexibility index (Phi) is 3.53. The van der Waals surface area contributed by atoms with Gasteiger partial charge in [-0.05, 0) is 42.7 Å². The number of aromatic hydroxyl groups is 1. The molecule has 126 valence electrons. The Morgan fingerprint density at radius 2 is 2.08 bits per heavy atom. The van der Waals surface area contributed by atoms with E-state index >= 15 is 0 Å². The molecule has 6 heteroatoms. The number of carbonyl (C=O) groups is 1. The van der Waals surface area contributed by atoms with Crippen molar-refractivity contribution < 1.29 is 9.90 Å². The Bertz CT molecular complexity index is 1040. The van der Waals surface area contributed by atoms with Crippen LogP contribution in [0.2, 0.25) is 0 Å². The second-order valence-corrected chi connectivity index (χ2v) is 6.30. The van der Waals surface area contributed by atoms with Gasteiger partial charge < -0.3 is 15.0 Å². The van der Waals surface area contributed by atoms with Gasteiger partial charge in [-0.3, -0.25) is 14.6 Å². The van der Waals surface area contributed by atoms with E-state index in [2.05, 4.69) is 10.3 Å². The largest absolute Gasteiger partial charge is 0.506 e. The molecule has 1 aliphatic rings. The molecule has 0 spiro atoms. The molecular weight excluding hydrogens is 318 g/mol. The molecule has 2 N–H and O–H groups in total. The highest BCUT2D eigenvalue weighted by Crippen LogP contribution is 2.35. The molecule has 1 aliphatic heterocycles. The first-order valence-electron chi connectivity index (χ1n) is 8.14. The Labute approximate surface area is 143 Å². The number of carbonyl (C=O) groups excluding carboxylic acids is 1. The van der Waals surface area contributed by atoms with Crippen LogP contribution in [0, 0.1) is 0 Å². The van der Waals surface area contributed by atoms with Crippen molar-refractivity contribution in [2.75, 3.05) is 0 Å². The maximum atomic E-state index is 12.9. The number of hydrogen-bond acceptors (Lipinski definition) is 4. The molecule has 1 aromatic carbocycles. The molecule has 0 bridgehead atoms. The van der Waals surface area contributed by atoms with E-state index in [1.807, 2.05) is 19.1 Å². The molecule has 4 rings (SSSR count). The Balaban J connectivity index is 1.78. The van der Waals surface area contributed by atoms with Gasteiger partial charge in [0.2, 0.25) is 0 Å². The number of hydrogen-bond donors (Lipinski definition) is 2. The van der Waals surface area contributed by atoms with Crippen LogP contribution in [0.3, 0.4) is 0 Å². The zero-order valence-electron chi connectivity index (χ0n) is 13.7. The summed E-state index contributed by atoms with van der Waals surface area (Å²) in [5.41, 5.74) is 1.95. The minimum Gasteiger partial charge on any atom is -0.506 e. The monoisotopic (exact) mass is 335 g/mol. The normalized spacial score (nSPS) is 15.5. The standard InChI is InChI=1S/C19H17N3O3/c1-11-9-13-3-2-4-14-16(13)22(11)19(25)15(17(14)23)18(24)21-10-12-5-7-20-8-6-12/h2-8,11,23H,9-10H2,1H3,(H,21,24)/t11-/m0/s1. The third kappa shape index (κ3) is 2.38. The predicted octanol–water partition coefficient (Wildman–Crippen LogP) is 2.15. The highest BCUT2D eigenvalue weighted by atomic mass is 16.3. The minimum absolute atomic E-state index is 0.0419. The van der Waals surface area contributed by atoms with Gasteiger partial charge in [0.15, 0.2) is 0 Å². The maximum Gasteiger partial charge on any atom is 0.267 e. The van der Waals surface area contributed by atoms with Crippen LogP contribution in [0.5, 0.6) is 5.75 Å². The van der Waals surface area contributed by atoms with E-state index in [1.165, 1.54) is 0 Å². The summed E-state index contributed by atoms with van der Waals surface area (Å²) in [6.07, 6.45) is 3.98. The molecule has 1 amide bonds. The lowest BCUT2D eigenvalue weighted by atomic mass is 10.1. The molecule has 0 saturated heterocycles. The lowest BCUT2D eigenvalue weighted by Gasteiger charge is -2.14. The highest BCUT2D eigenvalue weighted by molar-refractivity contribution is 6.03. The second-order valence-electron chi connectivity index (χ2n) is 6.30. The van der Waals surface area contributed by atoms with Gasteiger partial charge in [0.25, 0.3) is 11.5 Å². The summed E-state index contributed by atoms with van der Waals surface area (Å²) in [6.45, 7) is 2.20. The maximum absolute atomic E-state index is 12.9. The van der Waals surface area contributed by atoms with Crippen LogP contribution < -0.4 is 10.9 Å². The predicted molar refractivity (Wildman–Crippen MR) is 93.7 cm³/mol. The molecule has 6 nitrogen and oxygen atoms in total. The zero-order valence-corrected chi connectivity index (χ0v) is 13.7. The fraction of sp³-hybridized carbons (Fsp3) is 0.211. The van der Waals surface area contributed by atoms with Crippen LogP contribution in [-0.4, -0.2) is 20.6 Å². The van der Waals surface area contributed by atoms with Gasteiger partial charge >= 0.3 is 0 Å². The van der Waals surface area contributed by atoms with Crippen molar-refractivity contribution >= 4 is 16.8 Å². The molecule has 25 heavy (non-hydrogen) atoms. The summed E-state index contributed by atoms with van der Waals surface area (Å²) in [5, 5.41) is 13.8. The SMILES string of the molecule is C[C@H]1Cc2cccc3c(O)c(C(=O)NCc4ccncc4)c(=O)n1c23. The molecule has 0 fully saturated rings. The van der Waals surface area contributed by atoms with Crippen LogP contribution in [0.4, 0.5) is 0 Å². The quantitative estimate of drug-likeness (QED) is 0.768. The van der Waals surface area contributed by atoms with E-state index in [9.17, 15) is 14.7 Å². The lowest BCUT2D eigenvalue weighted by Crippen LogP contribution is -2.33. The number of nitrogens with one attached hydrogen (secondary N) is 1. The number of amides is 1. The number of aromatic nitrogens is 2. The summed E-state index contributed by atoms with van der Waals surface area (Å²) in [5.74, 6) is -0.825. The second kappa shape index (κ2) is 5.73. The zero-order chi connectivity index (χ0) is 17.6. The van der Waals surface area contributed by atoms with Gasteiger partial charge in [0.1, 0.15) is 11.3 Å². The number of pyridine rings is 2. The Morgan fingerprint density at radius 3 is 2.84 bits per heavy atom. The molecule has 0 unspecified atom stereocenters. The average molecular weight is 335 g/mol. The van der Waals surface area contributed by atoms with Crippen LogP contribution in [-0.2, 0) is 13.0 Å². The number of para-hydroxylation sites is 1. The van der Waals surface area contributed by atoms with Gasteiger partial charge in [-0.15, -0.1) is 0 Å². The summed E-state index contributed by atoms with van der Waals surface area (Å²) >= 11 is 0. The van der Waals surface area contributed by atoms with Crippen LogP contribution in [0.1, 0.15) is 34.5 Å². The molecule has 2 aromatic heterocycles. The molecular formula is C19H17N3O3. The van der Waals surface area contributed by atoms with Gasteiger partial charge in [0.05, 0.1) is 5.52 Å². The van der Waals surface area contributed by atoms with Crippen molar-refractivity contribution in [3.8, 4) is 5.75 Å². The van der Waals surface area contributed by atoms with E-state index in [-0.39, 0.29) is 23.9 Å². The van der Waals surface area contributed by atoms with Gasteiger partial charge in [0, 0.05) is 30.4 Å². The fourth-order valence-corrected chi connectivity index (χ4v) is 3.50. The van der Waals surface area contributed by atoms with E-state index in [0.717, 1.165) is 16.6 Å². The molecule has 3 aromatic rings. The third-order valence-corrected chi connectivity index (χ3v) is 4.67. The van der Waals surface area contributed by atoms with Crippen molar-refractivity contribution in [2.24, 2.45) is 0 Å². The van der Waals surface area contributed by atoms with E-state index in [0.29, 0.717) is 11.8 Å². The fourth-order valence-electron chi connectivity index (χ4n) is 3.50. The van der Waals surface area contributed by atoms with Crippen LogP contribution in [0.15, 0.2) is 47.5 Å². The smallest absolute Gasteiger partial charge is 0.267 e. The summed E-state index contributed by atoms with van der Waals surface area (Å²) in [7, 11) is 0. The number of nitrogens with zero attached hydrogens (tertiary/aromatic N) is 2. The molecule has 0 saturated carbocycles. The van der Waals surface area contributed by atoms with E-state index < -0.39 is 11.5 Å². The first-order chi connectivity index (χ1) is 12.1. The van der Waals surface area contributed by atoms with Crippen molar-refractivity contribution in [3.05, 3.63) is 69.8 Å². The van der Waals surface area contributed by atoms with Crippen molar-refractivity contribution in [3.63, 3.8) is 0 Å². The topological polar surface area (TPSA) is 84.2 Å². The minimum atomic E-state index is -0.575. The Hall–Kier alpha value is -3.15. The molecule has 3 heterocycles. The number of rotatable bonds is 3. The van der Waals surface area contributed by atoms with E-state index in [1.54, 1.807) is 35.2 Å². The molecule has 0 radical (unpaired) electrons. The Morgan fingerprint density at radius 1 is 1.32 bits per heavy atom. The first-order valence-corrected chi connectivity index (χ1v) is 8.14.